The minimum atomic E-state index is -0.328. The number of ketones is 1. The summed E-state index contributed by atoms with van der Waals surface area (Å²) in [6.45, 7) is 0. The minimum absolute atomic E-state index is 0.164. The summed E-state index contributed by atoms with van der Waals surface area (Å²) < 4.78 is 32.6. The van der Waals surface area contributed by atoms with E-state index >= 15 is 0 Å². The van der Waals surface area contributed by atoms with Crippen LogP contribution in [0.15, 0.2) is 59.0 Å². The number of fused-ring (bicyclic) bond motifs is 1. The quantitative estimate of drug-likeness (QED) is 0.273. The molecule has 0 aliphatic heterocycles. The first-order chi connectivity index (χ1) is 17.0. The topological polar surface area (TPSA) is 76.4 Å². The standard InChI is InChI=1S/C28H24O7/c1-30-21-10-7-17(8-11-21)6-9-18-12-19-13-24(35-23(19)16-22(18)31-2)27(29)20-14-25(32-3)28(34-5)26(15-20)33-4/h7-8,10-16H,1-5H3. The van der Waals surface area contributed by atoms with Crippen LogP contribution in [-0.4, -0.2) is 41.3 Å². The van der Waals surface area contributed by atoms with Gasteiger partial charge < -0.3 is 28.1 Å². The zero-order chi connectivity index (χ0) is 24.9. The molecule has 0 aliphatic carbocycles. The number of rotatable bonds is 7. The minimum Gasteiger partial charge on any atom is -0.497 e. The zero-order valence-corrected chi connectivity index (χ0v) is 20.1. The predicted molar refractivity (Wildman–Crippen MR) is 131 cm³/mol. The average Bonchev–Trinajstić information content (AvgIpc) is 3.33. The van der Waals surface area contributed by atoms with Crippen LogP contribution in [0.1, 0.15) is 27.2 Å². The molecule has 4 rings (SSSR count). The van der Waals surface area contributed by atoms with E-state index in [2.05, 4.69) is 11.8 Å². The first-order valence-corrected chi connectivity index (χ1v) is 10.6. The molecule has 4 aromatic rings. The van der Waals surface area contributed by atoms with Crippen molar-refractivity contribution in [2.45, 2.75) is 0 Å². The monoisotopic (exact) mass is 472 g/mol. The molecule has 0 bridgehead atoms. The van der Waals surface area contributed by atoms with Crippen LogP contribution in [0.3, 0.4) is 0 Å². The lowest BCUT2D eigenvalue weighted by Crippen LogP contribution is -2.03. The summed E-state index contributed by atoms with van der Waals surface area (Å²) in [6.07, 6.45) is 0. The summed E-state index contributed by atoms with van der Waals surface area (Å²) in [5.74, 6) is 8.55. The Kier molecular flexibility index (Phi) is 6.83. The summed E-state index contributed by atoms with van der Waals surface area (Å²) in [6, 6.07) is 15.9. The van der Waals surface area contributed by atoms with E-state index in [1.165, 1.54) is 21.3 Å². The van der Waals surface area contributed by atoms with Gasteiger partial charge in [0.25, 0.3) is 0 Å². The van der Waals surface area contributed by atoms with E-state index in [0.717, 1.165) is 16.7 Å². The molecule has 0 spiro atoms. The summed E-state index contributed by atoms with van der Waals surface area (Å²) in [7, 11) is 7.67. The maximum atomic E-state index is 13.2. The molecule has 0 radical (unpaired) electrons. The highest BCUT2D eigenvalue weighted by Gasteiger charge is 2.21. The Labute approximate surface area is 203 Å². The second-order valence-electron chi connectivity index (χ2n) is 7.42. The molecular weight excluding hydrogens is 448 g/mol. The Bertz CT molecular complexity index is 1410. The normalized spacial score (nSPS) is 10.3. The molecule has 3 aromatic carbocycles. The molecule has 0 saturated heterocycles. The second-order valence-corrected chi connectivity index (χ2v) is 7.42. The molecule has 178 valence electrons. The van der Waals surface area contributed by atoms with Gasteiger partial charge in [0, 0.05) is 22.6 Å². The van der Waals surface area contributed by atoms with Gasteiger partial charge in [-0.3, -0.25) is 4.79 Å². The number of methoxy groups -OCH3 is 5. The molecule has 0 fully saturated rings. The molecule has 1 aromatic heterocycles. The highest BCUT2D eigenvalue weighted by atomic mass is 16.5. The smallest absolute Gasteiger partial charge is 0.228 e. The highest BCUT2D eigenvalue weighted by Crippen LogP contribution is 2.39. The fourth-order valence-electron chi connectivity index (χ4n) is 3.62. The molecule has 0 aliphatic rings. The molecule has 7 nitrogen and oxygen atoms in total. The van der Waals surface area contributed by atoms with Crippen LogP contribution in [0.4, 0.5) is 0 Å². The van der Waals surface area contributed by atoms with Gasteiger partial charge in [-0.1, -0.05) is 11.8 Å². The van der Waals surface area contributed by atoms with E-state index in [4.69, 9.17) is 28.1 Å². The van der Waals surface area contributed by atoms with Crippen molar-refractivity contribution in [1.29, 1.82) is 0 Å². The third-order valence-electron chi connectivity index (χ3n) is 5.42. The van der Waals surface area contributed by atoms with Gasteiger partial charge in [-0.2, -0.15) is 0 Å². The lowest BCUT2D eigenvalue weighted by atomic mass is 10.1. The predicted octanol–water partition coefficient (Wildman–Crippen LogP) is 5.11. The fourth-order valence-corrected chi connectivity index (χ4v) is 3.62. The van der Waals surface area contributed by atoms with Crippen LogP contribution in [0.5, 0.6) is 28.7 Å². The van der Waals surface area contributed by atoms with Gasteiger partial charge in [-0.05, 0) is 48.5 Å². The van der Waals surface area contributed by atoms with E-state index in [0.29, 0.717) is 39.7 Å². The maximum Gasteiger partial charge on any atom is 0.228 e. The number of hydrogen-bond acceptors (Lipinski definition) is 7. The lowest BCUT2D eigenvalue weighted by molar-refractivity contribution is 0.101. The molecular formula is C28H24O7. The van der Waals surface area contributed by atoms with Crippen molar-refractivity contribution in [3.05, 3.63) is 77.0 Å². The number of ether oxygens (including phenoxy) is 5. The van der Waals surface area contributed by atoms with E-state index < -0.39 is 0 Å². The van der Waals surface area contributed by atoms with Gasteiger partial charge in [-0.15, -0.1) is 0 Å². The summed E-state index contributed by atoms with van der Waals surface area (Å²) >= 11 is 0. The molecule has 0 N–H and O–H groups in total. The summed E-state index contributed by atoms with van der Waals surface area (Å²) in [4.78, 5) is 13.2. The number of carbonyl (C=O) groups is 1. The second kappa shape index (κ2) is 10.1. The Hall–Kier alpha value is -4.57. The van der Waals surface area contributed by atoms with E-state index in [1.54, 1.807) is 38.5 Å². The van der Waals surface area contributed by atoms with Gasteiger partial charge in [-0.25, -0.2) is 0 Å². The molecule has 0 atom stereocenters. The lowest BCUT2D eigenvalue weighted by Gasteiger charge is -2.13. The van der Waals surface area contributed by atoms with Crippen LogP contribution in [0.2, 0.25) is 0 Å². The zero-order valence-electron chi connectivity index (χ0n) is 20.1. The Balaban J connectivity index is 1.71. The van der Waals surface area contributed by atoms with Crippen LogP contribution in [0.25, 0.3) is 11.0 Å². The van der Waals surface area contributed by atoms with Crippen LogP contribution in [0, 0.1) is 11.8 Å². The average molecular weight is 472 g/mol. The van der Waals surface area contributed by atoms with Crippen molar-refractivity contribution in [3.8, 4) is 40.6 Å². The molecule has 7 heteroatoms. The number of hydrogen-bond donors (Lipinski definition) is 0. The Morgan fingerprint density at radius 3 is 1.94 bits per heavy atom. The van der Waals surface area contributed by atoms with E-state index in [9.17, 15) is 4.79 Å². The van der Waals surface area contributed by atoms with Gasteiger partial charge >= 0.3 is 0 Å². The highest BCUT2D eigenvalue weighted by molar-refractivity contribution is 6.09. The van der Waals surface area contributed by atoms with Gasteiger partial charge in [0.1, 0.15) is 17.1 Å². The van der Waals surface area contributed by atoms with Crippen LogP contribution >= 0.6 is 0 Å². The molecule has 0 saturated carbocycles. The van der Waals surface area contributed by atoms with Crippen molar-refractivity contribution in [3.63, 3.8) is 0 Å². The molecule has 0 amide bonds. The van der Waals surface area contributed by atoms with Gasteiger partial charge in [0.15, 0.2) is 17.3 Å². The molecule has 0 unspecified atom stereocenters. The fraction of sp³-hybridized carbons (Fsp3) is 0.179. The van der Waals surface area contributed by atoms with Gasteiger partial charge in [0.05, 0.1) is 41.1 Å². The Morgan fingerprint density at radius 1 is 0.714 bits per heavy atom. The SMILES string of the molecule is COc1ccc(C#Cc2cc3cc(C(=O)c4cc(OC)c(OC)c(OC)c4)oc3cc2OC)cc1. The maximum absolute atomic E-state index is 13.2. The van der Waals surface area contributed by atoms with Crippen molar-refractivity contribution in [1.82, 2.24) is 0 Å². The first kappa shape index (κ1) is 23.6. The molecule has 35 heavy (non-hydrogen) atoms. The third-order valence-corrected chi connectivity index (χ3v) is 5.42. The van der Waals surface area contributed by atoms with Crippen molar-refractivity contribution < 1.29 is 32.9 Å². The van der Waals surface area contributed by atoms with Crippen molar-refractivity contribution in [2.24, 2.45) is 0 Å². The van der Waals surface area contributed by atoms with Crippen molar-refractivity contribution >= 4 is 16.8 Å². The first-order valence-electron chi connectivity index (χ1n) is 10.6. The largest absolute Gasteiger partial charge is 0.497 e. The number of furan rings is 1. The van der Waals surface area contributed by atoms with E-state index in [1.807, 2.05) is 30.3 Å². The summed E-state index contributed by atoms with van der Waals surface area (Å²) in [5, 5.41) is 0.723. The summed E-state index contributed by atoms with van der Waals surface area (Å²) in [5.41, 5.74) is 2.35. The third kappa shape index (κ3) is 4.73. The van der Waals surface area contributed by atoms with Crippen LogP contribution in [-0.2, 0) is 0 Å². The van der Waals surface area contributed by atoms with Crippen molar-refractivity contribution in [2.75, 3.05) is 35.5 Å². The number of carbonyl (C=O) groups excluding carboxylic acids is 1. The Morgan fingerprint density at radius 2 is 1.37 bits per heavy atom. The van der Waals surface area contributed by atoms with Gasteiger partial charge in [0.2, 0.25) is 11.5 Å². The van der Waals surface area contributed by atoms with E-state index in [-0.39, 0.29) is 11.5 Å². The van der Waals surface area contributed by atoms with Crippen LogP contribution < -0.4 is 23.7 Å². The molecule has 1 heterocycles. The number of benzene rings is 3.